The highest BCUT2D eigenvalue weighted by Crippen LogP contribution is 2.16. The smallest absolute Gasteiger partial charge is 0.223 e. The Labute approximate surface area is 111 Å². The number of nitrogens with zero attached hydrogens (tertiary/aromatic N) is 2. The Morgan fingerprint density at radius 2 is 2.35 bits per heavy atom. The molecule has 0 unspecified atom stereocenters. The Balaban J connectivity index is 1.77. The summed E-state index contributed by atoms with van der Waals surface area (Å²) in [6.45, 7) is 3.33. The minimum atomic E-state index is 0.162. The topological polar surface area (TPSA) is 47.0 Å². The Morgan fingerprint density at radius 1 is 1.47 bits per heavy atom. The van der Waals surface area contributed by atoms with Gasteiger partial charge in [0, 0.05) is 18.3 Å². The second kappa shape index (κ2) is 6.50. The van der Waals surface area contributed by atoms with Gasteiger partial charge in [-0.2, -0.15) is 0 Å². The fraction of sp³-hybridized carbons (Fsp3) is 0.636. The van der Waals surface area contributed by atoms with Crippen LogP contribution in [0.2, 0.25) is 10.4 Å². The molecule has 6 heteroatoms. The van der Waals surface area contributed by atoms with Crippen LogP contribution in [0.25, 0.3) is 0 Å². The second-order valence-corrected chi connectivity index (χ2v) is 4.88. The molecule has 0 bridgehead atoms. The first-order valence-electron chi connectivity index (χ1n) is 5.71. The van der Waals surface area contributed by atoms with Gasteiger partial charge in [0.25, 0.3) is 0 Å². The lowest BCUT2D eigenvalue weighted by Gasteiger charge is -2.22. The zero-order valence-corrected chi connectivity index (χ0v) is 11.0. The van der Waals surface area contributed by atoms with Crippen LogP contribution in [0.3, 0.4) is 0 Å². The molecule has 1 aliphatic heterocycles. The van der Waals surface area contributed by atoms with Gasteiger partial charge in [-0.25, -0.2) is 9.97 Å². The minimum absolute atomic E-state index is 0.162. The van der Waals surface area contributed by atoms with Crippen LogP contribution < -0.4 is 5.32 Å². The summed E-state index contributed by atoms with van der Waals surface area (Å²) in [5, 5.41) is 3.88. The predicted molar refractivity (Wildman–Crippen MR) is 67.3 cm³/mol. The number of piperidine rings is 1. The first-order valence-corrected chi connectivity index (χ1v) is 6.46. The predicted octanol–water partition coefficient (Wildman–Crippen LogP) is 2.30. The highest BCUT2D eigenvalue weighted by atomic mass is 35.5. The van der Waals surface area contributed by atoms with Crippen LogP contribution in [0, 0.1) is 5.92 Å². The number of ether oxygens (including phenoxy) is 1. The monoisotopic (exact) mass is 275 g/mol. The molecule has 0 saturated carbocycles. The highest BCUT2D eigenvalue weighted by Gasteiger charge is 2.13. The summed E-state index contributed by atoms with van der Waals surface area (Å²) >= 11 is 11.5. The van der Waals surface area contributed by atoms with Crippen LogP contribution in [-0.4, -0.2) is 29.7 Å². The minimum Gasteiger partial charge on any atom is -0.376 e. The van der Waals surface area contributed by atoms with Crippen LogP contribution in [-0.2, 0) is 11.3 Å². The highest BCUT2D eigenvalue weighted by molar-refractivity contribution is 6.32. The molecule has 0 aliphatic carbocycles. The molecule has 1 saturated heterocycles. The van der Waals surface area contributed by atoms with Gasteiger partial charge >= 0.3 is 0 Å². The molecule has 1 aromatic rings. The number of nitrogens with one attached hydrogen (secondary N) is 1. The van der Waals surface area contributed by atoms with Gasteiger partial charge in [0.05, 0.1) is 13.2 Å². The van der Waals surface area contributed by atoms with Crippen molar-refractivity contribution < 1.29 is 4.74 Å². The number of rotatable bonds is 4. The van der Waals surface area contributed by atoms with E-state index in [1.165, 1.54) is 12.8 Å². The number of hydrogen-bond acceptors (Lipinski definition) is 4. The van der Waals surface area contributed by atoms with E-state index in [0.29, 0.717) is 17.7 Å². The molecular weight excluding hydrogens is 261 g/mol. The van der Waals surface area contributed by atoms with E-state index in [9.17, 15) is 0 Å². The van der Waals surface area contributed by atoms with Gasteiger partial charge in [0.15, 0.2) is 0 Å². The summed E-state index contributed by atoms with van der Waals surface area (Å²) < 4.78 is 5.63. The van der Waals surface area contributed by atoms with E-state index in [4.69, 9.17) is 27.9 Å². The second-order valence-electron chi connectivity index (χ2n) is 4.18. The first-order chi connectivity index (χ1) is 8.25. The van der Waals surface area contributed by atoms with Crippen molar-refractivity contribution in [1.29, 1.82) is 0 Å². The van der Waals surface area contributed by atoms with Crippen LogP contribution in [0.5, 0.6) is 0 Å². The summed E-state index contributed by atoms with van der Waals surface area (Å²) in [6.07, 6.45) is 4.05. The van der Waals surface area contributed by atoms with Gasteiger partial charge in [-0.3, -0.25) is 0 Å². The van der Waals surface area contributed by atoms with E-state index in [1.807, 2.05) is 0 Å². The fourth-order valence-corrected chi connectivity index (χ4v) is 2.22. The Hall–Kier alpha value is -0.420. The molecule has 94 valence electrons. The van der Waals surface area contributed by atoms with Crippen molar-refractivity contribution in [2.24, 2.45) is 5.92 Å². The molecule has 0 radical (unpaired) electrons. The first kappa shape index (κ1) is 13.0. The number of halogens is 2. The SMILES string of the molecule is Clc1ncc(COC[C@@H]2CCCNC2)c(Cl)n1. The lowest BCUT2D eigenvalue weighted by molar-refractivity contribution is 0.0780. The Morgan fingerprint density at radius 3 is 3.06 bits per heavy atom. The molecule has 0 aromatic carbocycles. The number of aromatic nitrogens is 2. The third-order valence-electron chi connectivity index (χ3n) is 2.79. The number of hydrogen-bond donors (Lipinski definition) is 1. The standard InChI is InChI=1S/C11H15Cl2N3O/c12-10-9(5-15-11(13)16-10)7-17-6-8-2-1-3-14-4-8/h5,8,14H,1-4,6-7H2/t8-/m1/s1. The molecule has 1 N–H and O–H groups in total. The van der Waals surface area contributed by atoms with Gasteiger partial charge in [0.2, 0.25) is 5.28 Å². The molecule has 1 aliphatic rings. The van der Waals surface area contributed by atoms with E-state index in [-0.39, 0.29) is 5.28 Å². The maximum atomic E-state index is 5.92. The van der Waals surface area contributed by atoms with Crippen LogP contribution in [0.4, 0.5) is 0 Å². The normalized spacial score (nSPS) is 20.5. The summed E-state index contributed by atoms with van der Waals surface area (Å²) in [7, 11) is 0. The van der Waals surface area contributed by atoms with Crippen molar-refractivity contribution in [3.63, 3.8) is 0 Å². The molecule has 1 fully saturated rings. The van der Waals surface area contributed by atoms with Crippen molar-refractivity contribution in [2.45, 2.75) is 19.4 Å². The molecule has 17 heavy (non-hydrogen) atoms. The third-order valence-corrected chi connectivity index (χ3v) is 3.30. The summed E-state index contributed by atoms with van der Waals surface area (Å²) in [4.78, 5) is 7.75. The fourth-order valence-electron chi connectivity index (χ4n) is 1.86. The lowest BCUT2D eigenvalue weighted by Crippen LogP contribution is -2.32. The maximum absolute atomic E-state index is 5.92. The Bertz CT molecular complexity index is 370. The zero-order valence-electron chi connectivity index (χ0n) is 9.46. The summed E-state index contributed by atoms with van der Waals surface area (Å²) in [5.41, 5.74) is 0.778. The van der Waals surface area contributed by atoms with E-state index >= 15 is 0 Å². The molecule has 0 spiro atoms. The molecule has 4 nitrogen and oxygen atoms in total. The van der Waals surface area contributed by atoms with Crippen molar-refractivity contribution in [3.8, 4) is 0 Å². The quantitative estimate of drug-likeness (QED) is 0.677. The van der Waals surface area contributed by atoms with Crippen molar-refractivity contribution in [3.05, 3.63) is 22.2 Å². The Kier molecular flexibility index (Phi) is 4.98. The van der Waals surface area contributed by atoms with Gasteiger partial charge in [0.1, 0.15) is 5.15 Å². The lowest BCUT2D eigenvalue weighted by atomic mass is 10.0. The molecule has 0 amide bonds. The molecule has 2 rings (SSSR count). The van der Waals surface area contributed by atoms with Gasteiger partial charge in [-0.15, -0.1) is 0 Å². The largest absolute Gasteiger partial charge is 0.376 e. The third kappa shape index (κ3) is 4.07. The summed E-state index contributed by atoms with van der Waals surface area (Å²) in [6, 6.07) is 0. The average molecular weight is 276 g/mol. The van der Waals surface area contributed by atoms with E-state index in [1.54, 1.807) is 6.20 Å². The van der Waals surface area contributed by atoms with E-state index in [0.717, 1.165) is 25.3 Å². The van der Waals surface area contributed by atoms with Crippen LogP contribution in [0.15, 0.2) is 6.20 Å². The van der Waals surface area contributed by atoms with Crippen LogP contribution in [0.1, 0.15) is 18.4 Å². The van der Waals surface area contributed by atoms with Crippen LogP contribution >= 0.6 is 23.2 Å². The zero-order chi connectivity index (χ0) is 12.1. The van der Waals surface area contributed by atoms with Gasteiger partial charge in [-0.1, -0.05) is 11.6 Å². The van der Waals surface area contributed by atoms with Crippen molar-refractivity contribution >= 4 is 23.2 Å². The van der Waals surface area contributed by atoms with Crippen molar-refractivity contribution in [2.75, 3.05) is 19.7 Å². The molecular formula is C11H15Cl2N3O. The molecule has 2 heterocycles. The average Bonchev–Trinajstić information content (AvgIpc) is 2.33. The maximum Gasteiger partial charge on any atom is 0.223 e. The summed E-state index contributed by atoms with van der Waals surface area (Å²) in [5.74, 6) is 0.593. The molecule has 1 atom stereocenters. The van der Waals surface area contributed by atoms with E-state index < -0.39 is 0 Å². The van der Waals surface area contributed by atoms with Gasteiger partial charge in [-0.05, 0) is 36.9 Å². The van der Waals surface area contributed by atoms with Gasteiger partial charge < -0.3 is 10.1 Å². The van der Waals surface area contributed by atoms with Crippen molar-refractivity contribution in [1.82, 2.24) is 15.3 Å². The van der Waals surface area contributed by atoms with E-state index in [2.05, 4.69) is 15.3 Å². The molecule has 1 aromatic heterocycles.